The predicted molar refractivity (Wildman–Crippen MR) is 283 cm³/mol. The highest BCUT2D eigenvalue weighted by molar-refractivity contribution is 5.30. The van der Waals surface area contributed by atoms with Crippen LogP contribution < -0.4 is 0 Å². The van der Waals surface area contributed by atoms with Gasteiger partial charge in [0.1, 0.15) is 0 Å². The molecule has 354 valence electrons. The van der Waals surface area contributed by atoms with E-state index in [0.717, 1.165) is 0 Å². The molecule has 4 heterocycles. The number of hydrogen-bond acceptors (Lipinski definition) is 4. The Bertz CT molecular complexity index is 1810. The molecule has 0 N–H and O–H groups in total. The van der Waals surface area contributed by atoms with E-state index in [9.17, 15) is 0 Å². The monoisotopic (exact) mass is 871 g/mol. The average Bonchev–Trinajstić information content (AvgIpc) is 3.21. The first-order chi connectivity index (χ1) is 29.7. The zero-order chi connectivity index (χ0) is 49.2. The maximum Gasteiger partial charge on any atom is 0.0458 e. The standard InChI is InChI=1S/4C12H19N.C12H18/c1-8(2)11-7-13-12(9(3)4)6-10(11)5;1-8(2)11-6-10(5)12(9(3)4)13-7-11;2*1-8(2)11-6-7-12(9(3)4)13-10(11)5;1-9(2)11-5-7-12(8-6-11)10(3)4/h4*6-9H,1-5H3;5-10H,1-4H3. The molecule has 5 rings (SSSR count). The molecular weight excluding hydrogens is 777 g/mol. The number of nitrogens with zero attached hydrogens (tertiary/aromatic N) is 4. The van der Waals surface area contributed by atoms with Gasteiger partial charge in [0.15, 0.2) is 0 Å². The van der Waals surface area contributed by atoms with Crippen LogP contribution in [0.1, 0.15) is 276 Å². The van der Waals surface area contributed by atoms with Gasteiger partial charge in [-0.2, -0.15) is 0 Å². The first kappa shape index (κ1) is 57.8. The molecule has 5 aromatic rings. The van der Waals surface area contributed by atoms with E-state index in [0.29, 0.717) is 59.2 Å². The molecule has 0 fully saturated rings. The quantitative estimate of drug-likeness (QED) is 0.140. The Balaban J connectivity index is 0.000000400. The lowest BCUT2D eigenvalue weighted by atomic mass is 9.97. The van der Waals surface area contributed by atoms with Crippen LogP contribution in [0.15, 0.2) is 73.1 Å². The van der Waals surface area contributed by atoms with Crippen molar-refractivity contribution in [2.75, 3.05) is 0 Å². The third-order valence-corrected chi connectivity index (χ3v) is 11.7. The Kier molecular flexibility index (Phi) is 25.3. The van der Waals surface area contributed by atoms with Crippen molar-refractivity contribution >= 4 is 0 Å². The molecule has 4 nitrogen and oxygen atoms in total. The van der Waals surface area contributed by atoms with E-state index in [-0.39, 0.29) is 0 Å². The number of benzene rings is 1. The van der Waals surface area contributed by atoms with Crippen molar-refractivity contribution in [2.45, 2.75) is 225 Å². The van der Waals surface area contributed by atoms with Gasteiger partial charge in [0.25, 0.3) is 0 Å². The van der Waals surface area contributed by atoms with Crippen LogP contribution >= 0.6 is 0 Å². The van der Waals surface area contributed by atoms with Gasteiger partial charge in [-0.1, -0.05) is 181 Å². The summed E-state index contributed by atoms with van der Waals surface area (Å²) in [6, 6.07) is 22.1. The Morgan fingerprint density at radius 2 is 0.672 bits per heavy atom. The van der Waals surface area contributed by atoms with Crippen molar-refractivity contribution in [3.05, 3.63) is 152 Å². The van der Waals surface area contributed by atoms with E-state index in [1.807, 2.05) is 12.4 Å². The summed E-state index contributed by atoms with van der Waals surface area (Å²) in [5.41, 5.74) is 18.2. The molecule has 64 heavy (non-hydrogen) atoms. The van der Waals surface area contributed by atoms with Crippen LogP contribution in [-0.2, 0) is 0 Å². The second-order valence-corrected chi connectivity index (χ2v) is 21.0. The van der Waals surface area contributed by atoms with Gasteiger partial charge in [-0.3, -0.25) is 19.9 Å². The van der Waals surface area contributed by atoms with Gasteiger partial charge in [-0.15, -0.1) is 0 Å². The molecule has 0 saturated carbocycles. The number of aromatic nitrogens is 4. The van der Waals surface area contributed by atoms with E-state index >= 15 is 0 Å². The molecule has 0 radical (unpaired) electrons. The SMILES string of the molecule is CC(C)c1ccc(C(C)C)cc1.Cc1cc(C(C)C)cnc1C(C)C.Cc1cc(C(C)C)ncc1C(C)C.Cc1nc(C(C)C)ccc1C(C)C.Cc1nc(C(C)C)ccc1C(C)C. The highest BCUT2D eigenvalue weighted by Gasteiger charge is 2.10. The van der Waals surface area contributed by atoms with E-state index in [2.05, 4.69) is 247 Å². The summed E-state index contributed by atoms with van der Waals surface area (Å²) in [7, 11) is 0. The Labute approximate surface area is 395 Å². The molecule has 0 aliphatic rings. The van der Waals surface area contributed by atoms with E-state index in [1.54, 1.807) is 0 Å². The molecular formula is C60H94N4. The fourth-order valence-electron chi connectivity index (χ4n) is 7.35. The number of pyridine rings is 4. The molecule has 0 saturated heterocycles. The molecule has 0 bridgehead atoms. The van der Waals surface area contributed by atoms with Gasteiger partial charge in [-0.05, 0) is 150 Å². The molecule has 0 aliphatic heterocycles. The van der Waals surface area contributed by atoms with Crippen LogP contribution in [0.25, 0.3) is 0 Å². The van der Waals surface area contributed by atoms with Gasteiger partial charge in [-0.25, -0.2) is 0 Å². The molecule has 0 unspecified atom stereocenters. The lowest BCUT2D eigenvalue weighted by molar-refractivity contribution is 0.788. The van der Waals surface area contributed by atoms with Crippen LogP contribution in [0.3, 0.4) is 0 Å². The number of rotatable bonds is 10. The normalized spacial score (nSPS) is 11.3. The van der Waals surface area contributed by atoms with Crippen LogP contribution in [0.2, 0.25) is 0 Å². The van der Waals surface area contributed by atoms with Crippen LogP contribution in [0.5, 0.6) is 0 Å². The van der Waals surface area contributed by atoms with E-state index < -0.39 is 0 Å². The summed E-state index contributed by atoms with van der Waals surface area (Å²) in [6.45, 7) is 52.5. The smallest absolute Gasteiger partial charge is 0.0458 e. The third kappa shape index (κ3) is 19.5. The fourth-order valence-corrected chi connectivity index (χ4v) is 7.35. The minimum absolute atomic E-state index is 0.528. The summed E-state index contributed by atoms with van der Waals surface area (Å²) < 4.78 is 0. The molecule has 0 atom stereocenters. The van der Waals surface area contributed by atoms with Crippen molar-refractivity contribution in [1.29, 1.82) is 0 Å². The Morgan fingerprint density at radius 3 is 0.938 bits per heavy atom. The molecule has 0 amide bonds. The largest absolute Gasteiger partial charge is 0.261 e. The Morgan fingerprint density at radius 1 is 0.297 bits per heavy atom. The molecule has 0 spiro atoms. The molecule has 4 heteroatoms. The second kappa shape index (κ2) is 28.0. The lowest BCUT2D eigenvalue weighted by Gasteiger charge is -2.11. The molecule has 1 aromatic carbocycles. The third-order valence-electron chi connectivity index (χ3n) is 11.7. The summed E-state index contributed by atoms with van der Waals surface area (Å²) >= 11 is 0. The predicted octanol–water partition coefficient (Wildman–Crippen LogP) is 18.5. The van der Waals surface area contributed by atoms with Crippen molar-refractivity contribution in [3.8, 4) is 0 Å². The van der Waals surface area contributed by atoms with Crippen molar-refractivity contribution in [3.63, 3.8) is 0 Å². The zero-order valence-corrected chi connectivity index (χ0v) is 45.5. The number of aryl methyl sites for hydroxylation is 4. The van der Waals surface area contributed by atoms with Gasteiger partial charge in [0.05, 0.1) is 0 Å². The van der Waals surface area contributed by atoms with E-state index in [1.165, 1.54) is 78.7 Å². The van der Waals surface area contributed by atoms with Gasteiger partial charge < -0.3 is 0 Å². The number of hydrogen-bond donors (Lipinski definition) is 0. The lowest BCUT2D eigenvalue weighted by Crippen LogP contribution is -2.00. The average molecular weight is 871 g/mol. The fraction of sp³-hybridized carbons (Fsp3) is 0.567. The van der Waals surface area contributed by atoms with Gasteiger partial charge in [0.2, 0.25) is 0 Å². The molecule has 0 aliphatic carbocycles. The molecule has 4 aromatic heterocycles. The summed E-state index contributed by atoms with van der Waals surface area (Å²) in [4.78, 5) is 18.1. The van der Waals surface area contributed by atoms with Crippen LogP contribution in [0, 0.1) is 27.7 Å². The minimum Gasteiger partial charge on any atom is -0.261 e. The summed E-state index contributed by atoms with van der Waals surface area (Å²) in [5.74, 6) is 5.71. The Hall–Kier alpha value is -4.18. The van der Waals surface area contributed by atoms with Crippen molar-refractivity contribution < 1.29 is 0 Å². The van der Waals surface area contributed by atoms with Crippen LogP contribution in [-0.4, -0.2) is 19.9 Å². The van der Waals surface area contributed by atoms with Gasteiger partial charge in [0, 0.05) is 46.6 Å². The first-order valence-electron chi connectivity index (χ1n) is 24.7. The maximum absolute atomic E-state index is 4.59. The van der Waals surface area contributed by atoms with Crippen molar-refractivity contribution in [1.82, 2.24) is 19.9 Å². The zero-order valence-electron chi connectivity index (χ0n) is 45.5. The topological polar surface area (TPSA) is 51.6 Å². The highest BCUT2D eigenvalue weighted by atomic mass is 14.7. The summed E-state index contributed by atoms with van der Waals surface area (Å²) in [5, 5.41) is 0. The summed E-state index contributed by atoms with van der Waals surface area (Å²) in [6.07, 6.45) is 4.03. The highest BCUT2D eigenvalue weighted by Crippen LogP contribution is 2.24. The maximum atomic E-state index is 4.59. The first-order valence-corrected chi connectivity index (χ1v) is 24.7. The van der Waals surface area contributed by atoms with E-state index in [4.69, 9.17) is 0 Å². The van der Waals surface area contributed by atoms with Gasteiger partial charge >= 0.3 is 0 Å². The minimum atomic E-state index is 0.528. The van der Waals surface area contributed by atoms with Crippen molar-refractivity contribution in [2.24, 2.45) is 0 Å². The second-order valence-electron chi connectivity index (χ2n) is 21.0. The van der Waals surface area contributed by atoms with Crippen LogP contribution in [0.4, 0.5) is 0 Å².